The van der Waals surface area contributed by atoms with Crippen LogP contribution in [0.1, 0.15) is 20.3 Å². The molecule has 0 saturated heterocycles. The predicted octanol–water partition coefficient (Wildman–Crippen LogP) is 3.22. The van der Waals surface area contributed by atoms with E-state index in [1.54, 1.807) is 0 Å². The van der Waals surface area contributed by atoms with Gasteiger partial charge >= 0.3 is 0 Å². The van der Waals surface area contributed by atoms with E-state index in [-0.39, 0.29) is 24.0 Å². The molecular weight excluding hydrogens is 451 g/mol. The number of aliphatic imine (C=N–C) groups is 1. The maximum absolute atomic E-state index is 4.31. The third-order valence-corrected chi connectivity index (χ3v) is 4.30. The molecule has 1 heterocycles. The molecule has 7 heteroatoms. The summed E-state index contributed by atoms with van der Waals surface area (Å²) >= 11 is 0. The van der Waals surface area contributed by atoms with Gasteiger partial charge in [0.15, 0.2) is 5.96 Å². The lowest BCUT2D eigenvalue weighted by Crippen LogP contribution is -2.41. The molecule has 1 aromatic carbocycles. The maximum Gasteiger partial charge on any atom is 0.190 e. The molecule has 0 aliphatic heterocycles. The molecule has 0 fully saturated rings. The second-order valence-corrected chi connectivity index (χ2v) is 6.48. The fourth-order valence-corrected chi connectivity index (χ4v) is 2.87. The quantitative estimate of drug-likeness (QED) is 0.235. The SMILES string of the molecule is CCN(CCCNC(=NC)NCC(C)Cn1cccn1)c1ccccc1.I. The third kappa shape index (κ3) is 8.64. The van der Waals surface area contributed by atoms with E-state index in [2.05, 4.69) is 69.8 Å². The Bertz CT molecular complexity index is 629. The zero-order valence-electron chi connectivity index (χ0n) is 16.6. The van der Waals surface area contributed by atoms with Gasteiger partial charge in [0.25, 0.3) is 0 Å². The summed E-state index contributed by atoms with van der Waals surface area (Å²) in [5.74, 6) is 1.34. The second-order valence-electron chi connectivity index (χ2n) is 6.48. The minimum absolute atomic E-state index is 0. The lowest BCUT2D eigenvalue weighted by Gasteiger charge is -2.23. The number of benzene rings is 1. The van der Waals surface area contributed by atoms with Crippen LogP contribution in [0.2, 0.25) is 0 Å². The first-order chi connectivity index (χ1) is 12.7. The number of nitrogens with one attached hydrogen (secondary N) is 2. The number of halogens is 1. The van der Waals surface area contributed by atoms with Crippen LogP contribution in [-0.4, -0.2) is 49.0 Å². The highest BCUT2D eigenvalue weighted by atomic mass is 127. The molecule has 2 N–H and O–H groups in total. The van der Waals surface area contributed by atoms with Crippen LogP contribution in [0.3, 0.4) is 0 Å². The number of aromatic nitrogens is 2. The van der Waals surface area contributed by atoms with Gasteiger partial charge in [-0.2, -0.15) is 5.10 Å². The Kier molecular flexibility index (Phi) is 11.6. The molecule has 1 unspecified atom stereocenters. The van der Waals surface area contributed by atoms with Crippen LogP contribution in [0, 0.1) is 5.92 Å². The Morgan fingerprint density at radius 2 is 2.00 bits per heavy atom. The Morgan fingerprint density at radius 1 is 1.22 bits per heavy atom. The van der Waals surface area contributed by atoms with Gasteiger partial charge < -0.3 is 15.5 Å². The molecule has 0 aliphatic carbocycles. The summed E-state index contributed by atoms with van der Waals surface area (Å²) in [7, 11) is 1.82. The number of hydrogen-bond acceptors (Lipinski definition) is 3. The minimum Gasteiger partial charge on any atom is -0.372 e. The molecular formula is C20H33IN6. The van der Waals surface area contributed by atoms with Gasteiger partial charge in [0, 0.05) is 57.9 Å². The Labute approximate surface area is 180 Å². The lowest BCUT2D eigenvalue weighted by molar-refractivity contribution is 0.443. The first-order valence-electron chi connectivity index (χ1n) is 9.44. The molecule has 0 bridgehead atoms. The fraction of sp³-hybridized carbons (Fsp3) is 0.500. The van der Waals surface area contributed by atoms with Gasteiger partial charge in [-0.15, -0.1) is 24.0 Å². The summed E-state index contributed by atoms with van der Waals surface area (Å²) < 4.78 is 1.96. The van der Waals surface area contributed by atoms with Crippen molar-refractivity contribution in [3.05, 3.63) is 48.8 Å². The second kappa shape index (κ2) is 13.4. The molecule has 0 saturated carbocycles. The first kappa shape index (κ1) is 23.3. The normalized spacial score (nSPS) is 12.2. The maximum atomic E-state index is 4.31. The molecule has 0 radical (unpaired) electrons. The van der Waals surface area contributed by atoms with E-state index in [1.165, 1.54) is 5.69 Å². The molecule has 0 amide bonds. The first-order valence-corrected chi connectivity index (χ1v) is 9.44. The molecule has 27 heavy (non-hydrogen) atoms. The Morgan fingerprint density at radius 3 is 2.63 bits per heavy atom. The van der Waals surface area contributed by atoms with Crippen molar-refractivity contribution in [2.75, 3.05) is 38.1 Å². The van der Waals surface area contributed by atoms with Crippen molar-refractivity contribution in [3.63, 3.8) is 0 Å². The number of anilines is 1. The average molecular weight is 484 g/mol. The van der Waals surface area contributed by atoms with Crippen molar-refractivity contribution < 1.29 is 0 Å². The van der Waals surface area contributed by atoms with Crippen LogP contribution in [0.5, 0.6) is 0 Å². The molecule has 2 rings (SSSR count). The monoisotopic (exact) mass is 484 g/mol. The average Bonchev–Trinajstić information content (AvgIpc) is 3.18. The van der Waals surface area contributed by atoms with Crippen molar-refractivity contribution in [1.82, 2.24) is 20.4 Å². The fourth-order valence-electron chi connectivity index (χ4n) is 2.87. The third-order valence-electron chi connectivity index (χ3n) is 4.30. The number of nitrogens with zero attached hydrogens (tertiary/aromatic N) is 4. The van der Waals surface area contributed by atoms with Crippen molar-refractivity contribution in [3.8, 4) is 0 Å². The minimum atomic E-state index is 0. The van der Waals surface area contributed by atoms with E-state index < -0.39 is 0 Å². The van der Waals surface area contributed by atoms with Gasteiger partial charge in [0.1, 0.15) is 0 Å². The van der Waals surface area contributed by atoms with Gasteiger partial charge in [-0.05, 0) is 37.5 Å². The van der Waals surface area contributed by atoms with E-state index in [0.717, 1.165) is 45.1 Å². The van der Waals surface area contributed by atoms with E-state index in [1.807, 2.05) is 30.2 Å². The van der Waals surface area contributed by atoms with Crippen LogP contribution in [0.4, 0.5) is 5.69 Å². The zero-order valence-corrected chi connectivity index (χ0v) is 19.0. The van der Waals surface area contributed by atoms with E-state index in [0.29, 0.717) is 5.92 Å². The summed E-state index contributed by atoms with van der Waals surface area (Å²) in [5.41, 5.74) is 1.28. The molecule has 6 nitrogen and oxygen atoms in total. The molecule has 1 atom stereocenters. The van der Waals surface area contributed by atoms with Crippen LogP contribution in [0.25, 0.3) is 0 Å². The van der Waals surface area contributed by atoms with Crippen molar-refractivity contribution in [1.29, 1.82) is 0 Å². The molecule has 150 valence electrons. The molecule has 0 spiro atoms. The topological polar surface area (TPSA) is 57.5 Å². The van der Waals surface area contributed by atoms with Crippen LogP contribution < -0.4 is 15.5 Å². The summed E-state index contributed by atoms with van der Waals surface area (Å²) in [4.78, 5) is 6.70. The van der Waals surface area contributed by atoms with Gasteiger partial charge in [-0.25, -0.2) is 0 Å². The highest BCUT2D eigenvalue weighted by molar-refractivity contribution is 14.0. The number of para-hydroxylation sites is 1. The smallest absolute Gasteiger partial charge is 0.190 e. The van der Waals surface area contributed by atoms with Crippen molar-refractivity contribution >= 4 is 35.6 Å². The van der Waals surface area contributed by atoms with Crippen LogP contribution >= 0.6 is 24.0 Å². The van der Waals surface area contributed by atoms with E-state index in [9.17, 15) is 0 Å². The summed E-state index contributed by atoms with van der Waals surface area (Å²) in [6, 6.07) is 12.5. The van der Waals surface area contributed by atoms with E-state index >= 15 is 0 Å². The Balaban J connectivity index is 0.00000364. The van der Waals surface area contributed by atoms with Gasteiger partial charge in [-0.1, -0.05) is 25.1 Å². The number of guanidine groups is 1. The highest BCUT2D eigenvalue weighted by Crippen LogP contribution is 2.12. The summed E-state index contributed by atoms with van der Waals surface area (Å²) in [5, 5.41) is 11.1. The molecule has 0 aliphatic rings. The van der Waals surface area contributed by atoms with Gasteiger partial charge in [0.05, 0.1) is 0 Å². The highest BCUT2D eigenvalue weighted by Gasteiger charge is 2.06. The lowest BCUT2D eigenvalue weighted by atomic mass is 10.2. The number of rotatable bonds is 10. The predicted molar refractivity (Wildman–Crippen MR) is 125 cm³/mol. The summed E-state index contributed by atoms with van der Waals surface area (Å²) in [6.07, 6.45) is 4.87. The standard InChI is InChI=1S/C20H32N6.HI/c1-4-25(19-10-6-5-7-11-19)14-8-12-22-20(21-3)23-16-18(2)17-26-15-9-13-24-26;/h5-7,9-11,13,15,18H,4,8,12,14,16-17H2,1-3H3,(H2,21,22,23);1H. The van der Waals surface area contributed by atoms with Gasteiger partial charge in [0.2, 0.25) is 0 Å². The van der Waals surface area contributed by atoms with Crippen LogP contribution in [0.15, 0.2) is 53.8 Å². The molecule has 2 aromatic rings. The van der Waals surface area contributed by atoms with Crippen molar-refractivity contribution in [2.24, 2.45) is 10.9 Å². The zero-order chi connectivity index (χ0) is 18.6. The largest absolute Gasteiger partial charge is 0.372 e. The van der Waals surface area contributed by atoms with Gasteiger partial charge in [-0.3, -0.25) is 9.67 Å². The molecule has 1 aromatic heterocycles. The summed E-state index contributed by atoms with van der Waals surface area (Å²) in [6.45, 7) is 9.12. The van der Waals surface area contributed by atoms with Crippen molar-refractivity contribution in [2.45, 2.75) is 26.8 Å². The van der Waals surface area contributed by atoms with Crippen LogP contribution in [-0.2, 0) is 6.54 Å². The van der Waals surface area contributed by atoms with E-state index in [4.69, 9.17) is 0 Å². The Hall–Kier alpha value is -1.77. The number of hydrogen-bond donors (Lipinski definition) is 2.